The Kier molecular flexibility index (Phi) is 3.58. The van der Waals surface area contributed by atoms with Crippen LogP contribution in [0, 0.1) is 17.3 Å². The monoisotopic (exact) mass is 367 g/mol. The second-order valence-corrected chi connectivity index (χ2v) is 10.4. The lowest BCUT2D eigenvalue weighted by Gasteiger charge is -2.53. The summed E-state index contributed by atoms with van der Waals surface area (Å²) in [5, 5.41) is 13.7. The molecular weight excluding hydrogens is 334 g/mol. The predicted octanol–water partition coefficient (Wildman–Crippen LogP) is 4.53. The van der Waals surface area contributed by atoms with E-state index in [1.54, 1.807) is 0 Å². The Labute approximate surface area is 162 Å². The van der Waals surface area contributed by atoms with Crippen molar-refractivity contribution >= 4 is 0 Å². The van der Waals surface area contributed by atoms with Gasteiger partial charge in [0.15, 0.2) is 0 Å². The van der Waals surface area contributed by atoms with Crippen molar-refractivity contribution in [3.8, 4) is 5.75 Å². The maximum absolute atomic E-state index is 9.89. The van der Waals surface area contributed by atoms with E-state index in [0.717, 1.165) is 18.3 Å². The molecular formula is C24H33NO2. The molecule has 3 aliphatic carbocycles. The molecule has 1 spiro atoms. The van der Waals surface area contributed by atoms with E-state index in [0.29, 0.717) is 29.2 Å². The number of rotatable bonds is 0. The van der Waals surface area contributed by atoms with Gasteiger partial charge in [-0.1, -0.05) is 13.0 Å². The van der Waals surface area contributed by atoms with Gasteiger partial charge < -0.3 is 15.2 Å². The van der Waals surface area contributed by atoms with E-state index in [4.69, 9.17) is 4.74 Å². The second-order valence-electron chi connectivity index (χ2n) is 10.4. The summed E-state index contributed by atoms with van der Waals surface area (Å²) >= 11 is 0. The summed E-state index contributed by atoms with van der Waals surface area (Å²) in [7, 11) is 0. The van der Waals surface area contributed by atoms with Crippen LogP contribution in [0.3, 0.4) is 0 Å². The molecule has 146 valence electrons. The van der Waals surface area contributed by atoms with Crippen LogP contribution >= 0.6 is 0 Å². The molecule has 2 saturated carbocycles. The molecule has 0 unspecified atom stereocenters. The Morgan fingerprint density at radius 2 is 2.07 bits per heavy atom. The zero-order chi connectivity index (χ0) is 18.2. The normalized spacial score (nSPS) is 48.0. The number of piperidine rings is 1. The lowest BCUT2D eigenvalue weighted by Crippen LogP contribution is -2.51. The van der Waals surface area contributed by atoms with Crippen LogP contribution in [0.2, 0.25) is 0 Å². The van der Waals surface area contributed by atoms with Crippen LogP contribution in [0.4, 0.5) is 0 Å². The number of ether oxygens (including phenoxy) is 1. The van der Waals surface area contributed by atoms with Gasteiger partial charge in [0.05, 0.1) is 11.7 Å². The van der Waals surface area contributed by atoms with Crippen molar-refractivity contribution in [1.29, 1.82) is 0 Å². The summed E-state index contributed by atoms with van der Waals surface area (Å²) in [6.07, 6.45) is 11.9. The number of fused-ring (bicyclic) bond motifs is 7. The van der Waals surface area contributed by atoms with E-state index in [1.807, 2.05) is 12.1 Å². The Morgan fingerprint density at radius 1 is 1.15 bits per heavy atom. The van der Waals surface area contributed by atoms with Gasteiger partial charge in [0.25, 0.3) is 0 Å². The summed E-state index contributed by atoms with van der Waals surface area (Å²) in [6, 6.07) is 6.74. The van der Waals surface area contributed by atoms with Gasteiger partial charge in [-0.15, -0.1) is 0 Å². The van der Waals surface area contributed by atoms with Crippen molar-refractivity contribution in [2.75, 3.05) is 6.54 Å². The molecule has 27 heavy (non-hydrogen) atoms. The van der Waals surface area contributed by atoms with Crippen molar-refractivity contribution in [3.05, 3.63) is 29.3 Å². The van der Waals surface area contributed by atoms with Gasteiger partial charge in [0.1, 0.15) is 5.75 Å². The fraction of sp³-hybridized carbons (Fsp3) is 0.750. The topological polar surface area (TPSA) is 41.5 Å². The molecule has 2 heterocycles. The number of nitrogens with one attached hydrogen (secondary N) is 1. The zero-order valence-corrected chi connectivity index (χ0v) is 16.5. The van der Waals surface area contributed by atoms with E-state index in [-0.39, 0.29) is 5.60 Å². The average molecular weight is 368 g/mol. The molecule has 2 saturated heterocycles. The lowest BCUT2D eigenvalue weighted by molar-refractivity contribution is -0.139. The number of benzene rings is 1. The van der Waals surface area contributed by atoms with Gasteiger partial charge in [-0.25, -0.2) is 0 Å². The predicted molar refractivity (Wildman–Crippen MR) is 106 cm³/mol. The number of aromatic hydroxyl groups is 1. The number of aryl methyl sites for hydroxylation is 1. The second kappa shape index (κ2) is 5.73. The molecule has 7 atom stereocenters. The molecule has 6 rings (SSSR count). The smallest absolute Gasteiger partial charge is 0.115 e. The minimum Gasteiger partial charge on any atom is -0.508 e. The molecule has 1 aromatic carbocycles. The molecule has 5 aliphatic rings. The Hall–Kier alpha value is -1.06. The highest BCUT2D eigenvalue weighted by Crippen LogP contribution is 2.68. The van der Waals surface area contributed by atoms with Crippen LogP contribution in [0.15, 0.2) is 18.2 Å². The van der Waals surface area contributed by atoms with Crippen molar-refractivity contribution in [1.82, 2.24) is 5.32 Å². The lowest BCUT2D eigenvalue weighted by atomic mass is 9.53. The minimum atomic E-state index is 0.130. The van der Waals surface area contributed by atoms with Gasteiger partial charge in [-0.2, -0.15) is 0 Å². The molecule has 4 fully saturated rings. The minimum absolute atomic E-state index is 0.130. The summed E-state index contributed by atoms with van der Waals surface area (Å²) in [5.41, 5.74) is 3.42. The Balaban J connectivity index is 1.32. The van der Waals surface area contributed by atoms with Crippen molar-refractivity contribution < 1.29 is 9.84 Å². The van der Waals surface area contributed by atoms with E-state index < -0.39 is 0 Å². The number of hydrogen-bond donors (Lipinski definition) is 2. The van der Waals surface area contributed by atoms with Crippen LogP contribution < -0.4 is 5.32 Å². The first-order valence-corrected chi connectivity index (χ1v) is 11.3. The van der Waals surface area contributed by atoms with E-state index >= 15 is 0 Å². The number of hydrogen-bond acceptors (Lipinski definition) is 3. The molecule has 3 nitrogen and oxygen atoms in total. The maximum Gasteiger partial charge on any atom is 0.115 e. The number of phenolic OH excluding ortho intramolecular Hbond substituents is 1. The Morgan fingerprint density at radius 3 is 2.96 bits per heavy atom. The standard InChI is InChI=1S/C24H33NO2/c1-23-10-8-18-17-7-5-16(26)13-15(17)4-6-19(18)20(23)9-11-24(23)14-21-22(27-24)3-2-12-25-21/h5,7,13,18-22,25-26H,2-4,6,8-12,14H2,1H3/t18-,19-,20+,21+,22-,23+,24-/m1/s1. The highest BCUT2D eigenvalue weighted by atomic mass is 16.5. The van der Waals surface area contributed by atoms with E-state index in [2.05, 4.69) is 18.3 Å². The van der Waals surface area contributed by atoms with Crippen LogP contribution in [-0.2, 0) is 11.2 Å². The average Bonchev–Trinajstić information content (AvgIpc) is 3.19. The summed E-state index contributed by atoms with van der Waals surface area (Å²) in [5.74, 6) is 2.74. The molecule has 0 radical (unpaired) electrons. The SMILES string of the molecule is C[C@]12CC[C@@H]3c4ccc(O)cc4CC[C@H]3[C@@H]1CC[C@@]21C[C@@H]2NCCC[C@H]2O1. The van der Waals surface area contributed by atoms with E-state index in [1.165, 1.54) is 69.0 Å². The van der Waals surface area contributed by atoms with Gasteiger partial charge in [-0.05, 0) is 111 Å². The van der Waals surface area contributed by atoms with Crippen molar-refractivity contribution in [3.63, 3.8) is 0 Å². The molecule has 1 aromatic rings. The summed E-state index contributed by atoms with van der Waals surface area (Å²) < 4.78 is 6.96. The van der Waals surface area contributed by atoms with Gasteiger partial charge in [-0.3, -0.25) is 0 Å². The van der Waals surface area contributed by atoms with Crippen LogP contribution in [0.25, 0.3) is 0 Å². The highest BCUT2D eigenvalue weighted by Gasteiger charge is 2.66. The molecule has 0 bridgehead atoms. The van der Waals surface area contributed by atoms with Crippen molar-refractivity contribution in [2.24, 2.45) is 17.3 Å². The molecule has 2 N–H and O–H groups in total. The zero-order valence-electron chi connectivity index (χ0n) is 16.5. The highest BCUT2D eigenvalue weighted by molar-refractivity contribution is 5.40. The molecule has 3 heteroatoms. The first-order valence-electron chi connectivity index (χ1n) is 11.3. The first-order chi connectivity index (χ1) is 13.1. The summed E-state index contributed by atoms with van der Waals surface area (Å²) in [6.45, 7) is 3.76. The van der Waals surface area contributed by atoms with Gasteiger partial charge >= 0.3 is 0 Å². The molecule has 2 aliphatic heterocycles. The van der Waals surface area contributed by atoms with Crippen molar-refractivity contribution in [2.45, 2.75) is 88.4 Å². The fourth-order valence-electron chi connectivity index (χ4n) is 8.15. The molecule has 0 amide bonds. The van der Waals surface area contributed by atoms with E-state index in [9.17, 15) is 5.11 Å². The number of phenols is 1. The largest absolute Gasteiger partial charge is 0.508 e. The summed E-state index contributed by atoms with van der Waals surface area (Å²) in [4.78, 5) is 0. The first kappa shape index (κ1) is 16.9. The third-order valence-corrected chi connectivity index (χ3v) is 9.45. The third kappa shape index (κ3) is 2.22. The van der Waals surface area contributed by atoms with Crippen LogP contribution in [-0.4, -0.2) is 29.4 Å². The Bertz CT molecular complexity index is 747. The van der Waals surface area contributed by atoms with Gasteiger partial charge in [0.2, 0.25) is 0 Å². The molecule has 0 aromatic heterocycles. The third-order valence-electron chi connectivity index (χ3n) is 9.45. The fourth-order valence-corrected chi connectivity index (χ4v) is 8.15. The van der Waals surface area contributed by atoms with Crippen LogP contribution in [0.1, 0.15) is 75.3 Å². The van der Waals surface area contributed by atoms with Gasteiger partial charge in [0, 0.05) is 6.04 Å². The van der Waals surface area contributed by atoms with Crippen LogP contribution in [0.5, 0.6) is 5.75 Å². The maximum atomic E-state index is 9.89. The quantitative estimate of drug-likeness (QED) is 0.708.